The van der Waals surface area contributed by atoms with E-state index in [0.717, 1.165) is 25.1 Å². The first-order valence-corrected chi connectivity index (χ1v) is 7.38. The highest BCUT2D eigenvalue weighted by atomic mass is 15.3. The zero-order valence-electron chi connectivity index (χ0n) is 13.2. The van der Waals surface area contributed by atoms with Crippen LogP contribution in [0.4, 0.5) is 17.5 Å². The first-order valence-electron chi connectivity index (χ1n) is 7.38. The van der Waals surface area contributed by atoms with Gasteiger partial charge in [0.25, 0.3) is 0 Å². The van der Waals surface area contributed by atoms with Crippen LogP contribution in [0.3, 0.4) is 0 Å². The summed E-state index contributed by atoms with van der Waals surface area (Å²) in [4.78, 5) is 4.45. The Morgan fingerprint density at radius 1 is 1.10 bits per heavy atom. The van der Waals surface area contributed by atoms with E-state index in [1.54, 1.807) is 6.20 Å². The van der Waals surface area contributed by atoms with E-state index in [0.29, 0.717) is 11.8 Å². The number of aryl methyl sites for hydroxylation is 3. The molecule has 1 aromatic carbocycles. The number of benzene rings is 1. The van der Waals surface area contributed by atoms with E-state index >= 15 is 0 Å². The van der Waals surface area contributed by atoms with Crippen molar-refractivity contribution in [2.45, 2.75) is 40.5 Å². The third-order valence-corrected chi connectivity index (χ3v) is 3.30. The second kappa shape index (κ2) is 7.02. The van der Waals surface area contributed by atoms with Gasteiger partial charge in [-0.3, -0.25) is 0 Å². The lowest BCUT2D eigenvalue weighted by atomic mass is 10.1. The smallest absolute Gasteiger partial charge is 0.244 e. The largest absolute Gasteiger partial charge is 0.353 e. The first-order chi connectivity index (χ1) is 10.1. The first kappa shape index (κ1) is 15.2. The van der Waals surface area contributed by atoms with E-state index < -0.39 is 0 Å². The van der Waals surface area contributed by atoms with Crippen molar-refractivity contribution < 1.29 is 0 Å². The minimum absolute atomic E-state index is 0.566. The maximum atomic E-state index is 4.45. The Bertz CT molecular complexity index is 586. The van der Waals surface area contributed by atoms with Crippen LogP contribution in [0, 0.1) is 20.8 Å². The molecule has 0 saturated heterocycles. The Kier molecular flexibility index (Phi) is 5.09. The molecule has 5 nitrogen and oxygen atoms in total. The summed E-state index contributed by atoms with van der Waals surface area (Å²) in [5.74, 6) is 1.27. The average molecular weight is 285 g/mol. The molecular formula is C16H23N5. The predicted molar refractivity (Wildman–Crippen MR) is 87.2 cm³/mol. The summed E-state index contributed by atoms with van der Waals surface area (Å²) in [6.07, 6.45) is 3.88. The third kappa shape index (κ3) is 4.15. The molecule has 0 unspecified atom stereocenters. The molecule has 0 aliphatic heterocycles. The van der Waals surface area contributed by atoms with Crippen LogP contribution in [0.2, 0.25) is 0 Å². The minimum Gasteiger partial charge on any atom is -0.353 e. The van der Waals surface area contributed by atoms with Crippen molar-refractivity contribution >= 4 is 17.5 Å². The number of rotatable bonds is 6. The van der Waals surface area contributed by atoms with Gasteiger partial charge < -0.3 is 10.6 Å². The normalized spacial score (nSPS) is 10.5. The fourth-order valence-electron chi connectivity index (χ4n) is 2.32. The molecule has 112 valence electrons. The summed E-state index contributed by atoms with van der Waals surface area (Å²) in [5.41, 5.74) is 4.75. The molecule has 0 radical (unpaired) electrons. The van der Waals surface area contributed by atoms with Gasteiger partial charge in [-0.1, -0.05) is 31.0 Å². The second-order valence-electron chi connectivity index (χ2n) is 5.34. The standard InChI is InChI=1S/C16H23N5/c1-5-6-7-17-16-20-14(10-18-21-16)19-15-12(3)8-11(2)9-13(15)4/h8-10H,5-7H2,1-4H3,(H2,17,19,20,21). The van der Waals surface area contributed by atoms with Crippen molar-refractivity contribution in [2.24, 2.45) is 0 Å². The maximum absolute atomic E-state index is 4.45. The third-order valence-electron chi connectivity index (χ3n) is 3.30. The Hall–Kier alpha value is -2.17. The molecule has 0 saturated carbocycles. The molecule has 0 spiro atoms. The van der Waals surface area contributed by atoms with Crippen LogP contribution in [-0.4, -0.2) is 21.7 Å². The van der Waals surface area contributed by atoms with E-state index in [-0.39, 0.29) is 0 Å². The lowest BCUT2D eigenvalue weighted by Gasteiger charge is -2.13. The molecule has 21 heavy (non-hydrogen) atoms. The molecule has 1 heterocycles. The Morgan fingerprint density at radius 3 is 2.48 bits per heavy atom. The number of hydrogen-bond donors (Lipinski definition) is 2. The fraction of sp³-hybridized carbons (Fsp3) is 0.438. The van der Waals surface area contributed by atoms with Gasteiger partial charge in [0.2, 0.25) is 5.95 Å². The number of aromatic nitrogens is 3. The maximum Gasteiger partial charge on any atom is 0.244 e. The van der Waals surface area contributed by atoms with Crippen molar-refractivity contribution in [3.05, 3.63) is 35.0 Å². The number of hydrogen-bond acceptors (Lipinski definition) is 5. The average Bonchev–Trinajstić information content (AvgIpc) is 2.44. The van der Waals surface area contributed by atoms with Crippen LogP contribution in [0.5, 0.6) is 0 Å². The number of nitrogens with zero attached hydrogens (tertiary/aromatic N) is 3. The van der Waals surface area contributed by atoms with Crippen molar-refractivity contribution in [1.29, 1.82) is 0 Å². The molecule has 2 aromatic rings. The summed E-state index contributed by atoms with van der Waals surface area (Å²) >= 11 is 0. The van der Waals surface area contributed by atoms with Gasteiger partial charge in [-0.15, -0.1) is 5.10 Å². The highest BCUT2D eigenvalue weighted by molar-refractivity contribution is 5.65. The fourth-order valence-corrected chi connectivity index (χ4v) is 2.32. The summed E-state index contributed by atoms with van der Waals surface area (Å²) in [6, 6.07) is 4.31. The van der Waals surface area contributed by atoms with E-state index in [2.05, 4.69) is 65.6 Å². The topological polar surface area (TPSA) is 62.7 Å². The SMILES string of the molecule is CCCCNc1nncc(Nc2c(C)cc(C)cc2C)n1. The van der Waals surface area contributed by atoms with Gasteiger partial charge in [0.1, 0.15) is 0 Å². The number of unbranched alkanes of at least 4 members (excludes halogenated alkanes) is 1. The van der Waals surface area contributed by atoms with E-state index in [4.69, 9.17) is 0 Å². The summed E-state index contributed by atoms with van der Waals surface area (Å²) in [7, 11) is 0. The quantitative estimate of drug-likeness (QED) is 0.791. The van der Waals surface area contributed by atoms with Crippen LogP contribution < -0.4 is 10.6 Å². The molecule has 0 aliphatic carbocycles. The highest BCUT2D eigenvalue weighted by Crippen LogP contribution is 2.24. The summed E-state index contributed by atoms with van der Waals surface area (Å²) in [5, 5.41) is 14.5. The lowest BCUT2D eigenvalue weighted by molar-refractivity contribution is 0.819. The van der Waals surface area contributed by atoms with Crippen LogP contribution in [-0.2, 0) is 0 Å². The predicted octanol–water partition coefficient (Wildman–Crippen LogP) is 3.75. The minimum atomic E-state index is 0.566. The van der Waals surface area contributed by atoms with Gasteiger partial charge in [-0.05, 0) is 38.3 Å². The van der Waals surface area contributed by atoms with Gasteiger partial charge in [-0.2, -0.15) is 10.1 Å². The Morgan fingerprint density at radius 2 is 1.81 bits per heavy atom. The van der Waals surface area contributed by atoms with E-state index in [9.17, 15) is 0 Å². The van der Waals surface area contributed by atoms with Gasteiger partial charge in [0, 0.05) is 12.2 Å². The van der Waals surface area contributed by atoms with Crippen molar-refractivity contribution in [3.8, 4) is 0 Å². The van der Waals surface area contributed by atoms with Crippen LogP contribution in [0.15, 0.2) is 18.3 Å². The molecule has 2 rings (SSSR count). The number of nitrogens with one attached hydrogen (secondary N) is 2. The van der Waals surface area contributed by atoms with Crippen LogP contribution in [0.1, 0.15) is 36.5 Å². The molecule has 0 amide bonds. The summed E-state index contributed by atoms with van der Waals surface area (Å²) < 4.78 is 0. The number of anilines is 3. The molecule has 2 N–H and O–H groups in total. The zero-order valence-corrected chi connectivity index (χ0v) is 13.2. The second-order valence-corrected chi connectivity index (χ2v) is 5.34. The molecule has 0 aliphatic rings. The molecule has 1 aromatic heterocycles. The summed E-state index contributed by atoms with van der Waals surface area (Å²) in [6.45, 7) is 9.31. The van der Waals surface area contributed by atoms with Crippen molar-refractivity contribution in [3.63, 3.8) is 0 Å². The van der Waals surface area contributed by atoms with Crippen LogP contribution in [0.25, 0.3) is 0 Å². The molecule has 5 heteroatoms. The molecule has 0 atom stereocenters. The highest BCUT2D eigenvalue weighted by Gasteiger charge is 2.06. The van der Waals surface area contributed by atoms with Gasteiger partial charge >= 0.3 is 0 Å². The molecule has 0 fully saturated rings. The lowest BCUT2D eigenvalue weighted by Crippen LogP contribution is -2.08. The monoisotopic (exact) mass is 285 g/mol. The van der Waals surface area contributed by atoms with Gasteiger partial charge in [-0.25, -0.2) is 0 Å². The van der Waals surface area contributed by atoms with Gasteiger partial charge in [0.15, 0.2) is 5.82 Å². The van der Waals surface area contributed by atoms with Crippen LogP contribution >= 0.6 is 0 Å². The van der Waals surface area contributed by atoms with E-state index in [1.807, 2.05) is 0 Å². The molecular weight excluding hydrogens is 262 g/mol. The van der Waals surface area contributed by atoms with Gasteiger partial charge in [0.05, 0.1) is 6.20 Å². The Labute approximate surface area is 126 Å². The Balaban J connectivity index is 2.15. The van der Waals surface area contributed by atoms with Crippen molar-refractivity contribution in [1.82, 2.24) is 15.2 Å². The van der Waals surface area contributed by atoms with Crippen molar-refractivity contribution in [2.75, 3.05) is 17.2 Å². The van der Waals surface area contributed by atoms with E-state index in [1.165, 1.54) is 16.7 Å². The zero-order chi connectivity index (χ0) is 15.2. The molecule has 0 bridgehead atoms.